The fraction of sp³-hybridized carbons (Fsp3) is 0.294. The van der Waals surface area contributed by atoms with Crippen molar-refractivity contribution in [3.63, 3.8) is 0 Å². The summed E-state index contributed by atoms with van der Waals surface area (Å²) in [5, 5.41) is 18.2. The number of carbonyl (C=O) groups is 1. The summed E-state index contributed by atoms with van der Waals surface area (Å²) in [7, 11) is 0. The van der Waals surface area contributed by atoms with E-state index in [4.69, 9.17) is 10.8 Å². The molecule has 1 aliphatic rings. The van der Waals surface area contributed by atoms with Crippen LogP contribution in [0.1, 0.15) is 35.9 Å². The zero-order chi connectivity index (χ0) is 17.7. The van der Waals surface area contributed by atoms with Crippen LogP contribution in [-0.2, 0) is 13.0 Å². The molecule has 0 unspecified atom stereocenters. The molecule has 0 aliphatic carbocycles. The van der Waals surface area contributed by atoms with Crippen molar-refractivity contribution in [2.75, 3.05) is 5.73 Å². The van der Waals surface area contributed by atoms with E-state index in [1.807, 2.05) is 24.6 Å². The smallest absolute Gasteiger partial charge is 0.356 e. The number of rotatable bonds is 3. The third-order valence-corrected chi connectivity index (χ3v) is 4.37. The maximum absolute atomic E-state index is 11.3. The second kappa shape index (κ2) is 5.44. The Morgan fingerprint density at radius 3 is 2.76 bits per heavy atom. The molecule has 0 fully saturated rings. The molecule has 1 aliphatic heterocycles. The highest BCUT2D eigenvalue weighted by atomic mass is 16.4. The molecule has 0 atom stereocenters. The van der Waals surface area contributed by atoms with Crippen molar-refractivity contribution in [2.24, 2.45) is 0 Å². The molecule has 4 heterocycles. The number of nitrogens with zero attached hydrogens (tertiary/aromatic N) is 5. The number of nitrogens with two attached hydrogens (primary N) is 1. The van der Waals surface area contributed by atoms with Gasteiger partial charge in [-0.15, -0.1) is 0 Å². The van der Waals surface area contributed by atoms with Gasteiger partial charge in [-0.25, -0.2) is 9.78 Å². The monoisotopic (exact) mass is 338 g/mol. The number of aryl methyl sites for hydroxylation is 1. The van der Waals surface area contributed by atoms with E-state index in [0.29, 0.717) is 12.4 Å². The van der Waals surface area contributed by atoms with E-state index in [1.54, 1.807) is 23.0 Å². The Balaban J connectivity index is 1.94. The highest BCUT2D eigenvalue weighted by Crippen LogP contribution is 2.37. The SMILES string of the molecule is CC(C)n1nc(-c2ccc(N)nc2)c2c1-c1cc(C(=O)O)nn1CC2. The summed E-state index contributed by atoms with van der Waals surface area (Å²) in [4.78, 5) is 15.5. The number of nitrogen functional groups attached to an aromatic ring is 1. The van der Waals surface area contributed by atoms with E-state index in [1.165, 1.54) is 0 Å². The highest BCUT2D eigenvalue weighted by Gasteiger charge is 2.29. The molecule has 0 radical (unpaired) electrons. The molecule has 3 aromatic rings. The second-order valence-electron chi connectivity index (χ2n) is 6.38. The molecule has 0 saturated carbocycles. The summed E-state index contributed by atoms with van der Waals surface area (Å²) in [5.41, 5.74) is 10.3. The minimum absolute atomic E-state index is 0.0510. The van der Waals surface area contributed by atoms with Gasteiger partial charge in [-0.3, -0.25) is 9.36 Å². The maximum Gasteiger partial charge on any atom is 0.356 e. The third-order valence-electron chi connectivity index (χ3n) is 4.37. The van der Waals surface area contributed by atoms with Gasteiger partial charge in [-0.05, 0) is 32.4 Å². The largest absolute Gasteiger partial charge is 0.476 e. The lowest BCUT2D eigenvalue weighted by molar-refractivity contribution is 0.0689. The van der Waals surface area contributed by atoms with Crippen LogP contribution in [0.4, 0.5) is 5.82 Å². The van der Waals surface area contributed by atoms with Gasteiger partial charge in [0.2, 0.25) is 0 Å². The van der Waals surface area contributed by atoms with E-state index < -0.39 is 5.97 Å². The van der Waals surface area contributed by atoms with E-state index in [2.05, 4.69) is 10.1 Å². The first kappa shape index (κ1) is 15.4. The Morgan fingerprint density at radius 1 is 1.32 bits per heavy atom. The summed E-state index contributed by atoms with van der Waals surface area (Å²) < 4.78 is 3.68. The molecule has 0 bridgehead atoms. The molecule has 25 heavy (non-hydrogen) atoms. The maximum atomic E-state index is 11.3. The van der Waals surface area contributed by atoms with E-state index in [0.717, 1.165) is 34.6 Å². The number of carboxylic acids is 1. The van der Waals surface area contributed by atoms with Crippen molar-refractivity contribution in [1.29, 1.82) is 0 Å². The number of pyridine rings is 1. The van der Waals surface area contributed by atoms with Crippen molar-refractivity contribution in [3.05, 3.63) is 35.7 Å². The zero-order valence-corrected chi connectivity index (χ0v) is 14.0. The predicted molar refractivity (Wildman–Crippen MR) is 92.1 cm³/mol. The Kier molecular flexibility index (Phi) is 3.34. The van der Waals surface area contributed by atoms with Crippen molar-refractivity contribution < 1.29 is 9.90 Å². The number of hydrogen-bond acceptors (Lipinski definition) is 5. The molecular weight excluding hydrogens is 320 g/mol. The molecule has 8 heteroatoms. The summed E-state index contributed by atoms with van der Waals surface area (Å²) in [6.07, 6.45) is 2.45. The van der Waals surface area contributed by atoms with Crippen LogP contribution in [-0.4, -0.2) is 35.6 Å². The number of aromatic nitrogens is 5. The number of hydrogen-bond donors (Lipinski definition) is 2. The molecule has 4 rings (SSSR count). The van der Waals surface area contributed by atoms with Gasteiger partial charge < -0.3 is 10.8 Å². The predicted octanol–water partition coefficient (Wildman–Crippen LogP) is 2.23. The van der Waals surface area contributed by atoms with Crippen LogP contribution in [0.15, 0.2) is 24.4 Å². The molecular formula is C17H18N6O2. The number of fused-ring (bicyclic) bond motifs is 3. The van der Waals surface area contributed by atoms with Crippen LogP contribution >= 0.6 is 0 Å². The van der Waals surface area contributed by atoms with Crippen LogP contribution < -0.4 is 5.73 Å². The molecule has 0 spiro atoms. The first-order chi connectivity index (χ1) is 12.0. The lowest BCUT2D eigenvalue weighted by Crippen LogP contribution is -2.15. The van der Waals surface area contributed by atoms with Crippen molar-refractivity contribution >= 4 is 11.8 Å². The number of anilines is 1. The lowest BCUT2D eigenvalue weighted by Gasteiger charge is -2.18. The zero-order valence-electron chi connectivity index (χ0n) is 14.0. The van der Waals surface area contributed by atoms with Gasteiger partial charge in [-0.2, -0.15) is 10.2 Å². The summed E-state index contributed by atoms with van der Waals surface area (Å²) in [6, 6.07) is 5.40. The summed E-state index contributed by atoms with van der Waals surface area (Å²) >= 11 is 0. The molecule has 128 valence electrons. The lowest BCUT2D eigenvalue weighted by atomic mass is 10.00. The Bertz CT molecular complexity index is 968. The van der Waals surface area contributed by atoms with E-state index in [9.17, 15) is 9.90 Å². The summed E-state index contributed by atoms with van der Waals surface area (Å²) in [6.45, 7) is 4.71. The molecule has 0 saturated heterocycles. The van der Waals surface area contributed by atoms with E-state index in [-0.39, 0.29) is 11.7 Å². The Labute approximate surface area is 143 Å². The molecule has 0 aromatic carbocycles. The fourth-order valence-electron chi connectivity index (χ4n) is 3.23. The highest BCUT2D eigenvalue weighted by molar-refractivity contribution is 5.87. The van der Waals surface area contributed by atoms with Crippen LogP contribution in [0.2, 0.25) is 0 Å². The molecule has 0 amide bonds. The third kappa shape index (κ3) is 2.37. The topological polar surface area (TPSA) is 112 Å². The molecule has 3 aromatic heterocycles. The second-order valence-corrected chi connectivity index (χ2v) is 6.38. The van der Waals surface area contributed by atoms with Gasteiger partial charge in [0.05, 0.1) is 17.1 Å². The fourth-order valence-corrected chi connectivity index (χ4v) is 3.23. The van der Waals surface area contributed by atoms with Crippen molar-refractivity contribution in [1.82, 2.24) is 24.5 Å². The first-order valence-electron chi connectivity index (χ1n) is 8.10. The number of aromatic carboxylic acids is 1. The van der Waals surface area contributed by atoms with Crippen molar-refractivity contribution in [2.45, 2.75) is 32.9 Å². The summed E-state index contributed by atoms with van der Waals surface area (Å²) in [5.74, 6) is -0.563. The van der Waals surface area contributed by atoms with Gasteiger partial charge in [0.25, 0.3) is 0 Å². The van der Waals surface area contributed by atoms with Crippen LogP contribution in [0.5, 0.6) is 0 Å². The van der Waals surface area contributed by atoms with Gasteiger partial charge in [0.15, 0.2) is 5.69 Å². The molecule has 8 nitrogen and oxygen atoms in total. The van der Waals surface area contributed by atoms with Crippen molar-refractivity contribution in [3.8, 4) is 22.6 Å². The number of carboxylic acid groups (broad SMARTS) is 1. The Morgan fingerprint density at radius 2 is 2.12 bits per heavy atom. The van der Waals surface area contributed by atoms with Crippen LogP contribution in [0.25, 0.3) is 22.6 Å². The molecule has 3 N–H and O–H groups in total. The first-order valence-corrected chi connectivity index (χ1v) is 8.10. The average Bonchev–Trinajstić information content (AvgIpc) is 3.16. The Hall–Kier alpha value is -3.16. The standard InChI is InChI=1S/C17H18N6O2/c1-9(2)23-16-11(15(21-23)10-3-4-14(18)19-8-10)5-6-22-13(16)7-12(20-22)17(24)25/h3-4,7-9H,5-6H2,1-2H3,(H2,18,19)(H,24,25). The van der Waals surface area contributed by atoms with Gasteiger partial charge in [-0.1, -0.05) is 0 Å². The normalized spacial score (nSPS) is 12.9. The average molecular weight is 338 g/mol. The van der Waals surface area contributed by atoms with E-state index >= 15 is 0 Å². The quantitative estimate of drug-likeness (QED) is 0.757. The van der Waals surface area contributed by atoms with Crippen LogP contribution in [0.3, 0.4) is 0 Å². The minimum atomic E-state index is -1.03. The van der Waals surface area contributed by atoms with Gasteiger partial charge >= 0.3 is 5.97 Å². The van der Waals surface area contributed by atoms with Crippen LogP contribution in [0, 0.1) is 0 Å². The minimum Gasteiger partial charge on any atom is -0.476 e. The van der Waals surface area contributed by atoms with Gasteiger partial charge in [0.1, 0.15) is 5.82 Å². The van der Waals surface area contributed by atoms with Gasteiger partial charge in [0, 0.05) is 36.0 Å².